The topological polar surface area (TPSA) is 70.4 Å². The van der Waals surface area contributed by atoms with E-state index in [0.29, 0.717) is 6.54 Å². The molecule has 2 N–H and O–H groups in total. The second-order valence-electron chi connectivity index (χ2n) is 5.73. The lowest BCUT2D eigenvalue weighted by Crippen LogP contribution is -2.38. The molecule has 0 spiro atoms. The molecule has 0 amide bonds. The molecule has 138 valence electrons. The van der Waals surface area contributed by atoms with Gasteiger partial charge in [0.2, 0.25) is 0 Å². The average molecular weight is 457 g/mol. The van der Waals surface area contributed by atoms with Crippen molar-refractivity contribution in [1.82, 2.24) is 30.3 Å². The lowest BCUT2D eigenvalue weighted by Gasteiger charge is -2.17. The Bertz CT molecular complexity index is 627. The number of aromatic nitrogens is 3. The second kappa shape index (κ2) is 11.8. The number of aliphatic imine (C=N–C) groups is 1. The average Bonchev–Trinajstić information content (AvgIpc) is 3.00. The van der Waals surface area contributed by atoms with Crippen LogP contribution < -0.4 is 10.6 Å². The maximum absolute atomic E-state index is 4.22. The molecule has 7 nitrogen and oxygen atoms in total. The molecule has 0 atom stereocenters. The quantitative estimate of drug-likeness (QED) is 0.273. The fourth-order valence-corrected chi connectivity index (χ4v) is 2.39. The van der Waals surface area contributed by atoms with Crippen LogP contribution in [0, 0.1) is 0 Å². The van der Waals surface area contributed by atoms with Crippen molar-refractivity contribution >= 4 is 29.9 Å². The van der Waals surface area contributed by atoms with E-state index >= 15 is 0 Å². The monoisotopic (exact) mass is 457 g/mol. The van der Waals surface area contributed by atoms with Gasteiger partial charge in [0.15, 0.2) is 5.96 Å². The van der Waals surface area contributed by atoms with Gasteiger partial charge in [-0.25, -0.2) is 4.98 Å². The van der Waals surface area contributed by atoms with Crippen LogP contribution in [-0.2, 0) is 20.1 Å². The molecule has 2 rings (SSSR count). The highest BCUT2D eigenvalue weighted by molar-refractivity contribution is 14.0. The number of hydrogen-bond donors (Lipinski definition) is 2. The van der Waals surface area contributed by atoms with Crippen molar-refractivity contribution in [2.75, 3.05) is 27.2 Å². The summed E-state index contributed by atoms with van der Waals surface area (Å²) in [4.78, 5) is 10.7. The molecule has 0 saturated carbocycles. The third kappa shape index (κ3) is 7.82. The Morgan fingerprint density at radius 2 is 2.00 bits per heavy atom. The molecule has 8 heteroatoms. The van der Waals surface area contributed by atoms with Crippen molar-refractivity contribution in [3.63, 3.8) is 0 Å². The summed E-state index contributed by atoms with van der Waals surface area (Å²) >= 11 is 0. The molecule has 2 aromatic rings. The van der Waals surface area contributed by atoms with Crippen molar-refractivity contribution in [2.45, 2.75) is 19.5 Å². The molecule has 0 bridgehead atoms. The van der Waals surface area contributed by atoms with Crippen molar-refractivity contribution < 1.29 is 0 Å². The first-order valence-corrected chi connectivity index (χ1v) is 8.19. The van der Waals surface area contributed by atoms with Crippen molar-refractivity contribution in [1.29, 1.82) is 0 Å². The summed E-state index contributed by atoms with van der Waals surface area (Å²) in [6.07, 6.45) is 2.60. The van der Waals surface area contributed by atoms with E-state index in [1.165, 1.54) is 5.56 Å². The molecule has 1 aromatic heterocycles. The number of benzene rings is 1. The smallest absolute Gasteiger partial charge is 0.191 e. The molecular formula is C17H28IN7. The van der Waals surface area contributed by atoms with E-state index in [1.807, 2.05) is 13.1 Å². The molecule has 0 aliphatic rings. The van der Waals surface area contributed by atoms with E-state index in [-0.39, 0.29) is 24.0 Å². The van der Waals surface area contributed by atoms with E-state index in [1.54, 1.807) is 18.1 Å². The van der Waals surface area contributed by atoms with Crippen LogP contribution in [-0.4, -0.2) is 52.8 Å². The molecule has 1 aromatic carbocycles. The van der Waals surface area contributed by atoms with Gasteiger partial charge in [-0.3, -0.25) is 9.67 Å². The van der Waals surface area contributed by atoms with Gasteiger partial charge in [0, 0.05) is 27.2 Å². The first kappa shape index (κ1) is 21.4. The van der Waals surface area contributed by atoms with E-state index in [9.17, 15) is 0 Å². The molecule has 0 aliphatic carbocycles. The first-order valence-electron chi connectivity index (χ1n) is 8.19. The minimum atomic E-state index is 0. The summed E-state index contributed by atoms with van der Waals surface area (Å²) in [5.41, 5.74) is 1.34. The number of nitrogens with zero attached hydrogens (tertiary/aromatic N) is 5. The van der Waals surface area contributed by atoms with Crippen LogP contribution in [0.1, 0.15) is 17.8 Å². The SMILES string of the molecule is CN=C(NCCCN(C)Cc1ccccc1)NCc1ncnn1C.I. The third-order valence-corrected chi connectivity index (χ3v) is 3.75. The van der Waals surface area contributed by atoms with Gasteiger partial charge in [-0.2, -0.15) is 5.10 Å². The number of rotatable bonds is 8. The minimum Gasteiger partial charge on any atom is -0.356 e. The van der Waals surface area contributed by atoms with Crippen molar-refractivity contribution in [2.24, 2.45) is 12.0 Å². The van der Waals surface area contributed by atoms with Gasteiger partial charge < -0.3 is 15.5 Å². The maximum atomic E-state index is 4.22. The lowest BCUT2D eigenvalue weighted by molar-refractivity contribution is 0.322. The predicted molar refractivity (Wildman–Crippen MR) is 112 cm³/mol. The summed E-state index contributed by atoms with van der Waals surface area (Å²) in [6.45, 7) is 3.48. The Hall–Kier alpha value is -1.68. The largest absolute Gasteiger partial charge is 0.356 e. The third-order valence-electron chi connectivity index (χ3n) is 3.75. The molecule has 1 heterocycles. The van der Waals surface area contributed by atoms with Gasteiger partial charge in [-0.1, -0.05) is 30.3 Å². The number of nitrogens with one attached hydrogen (secondary N) is 2. The van der Waals surface area contributed by atoms with Crippen molar-refractivity contribution in [3.05, 3.63) is 48.0 Å². The standard InChI is InChI=1S/C17H27N7.HI/c1-18-17(20-12-16-21-14-22-24(16)3)19-10-7-11-23(2)13-15-8-5-4-6-9-15;/h4-6,8-9,14H,7,10-13H2,1-3H3,(H2,18,19,20);1H. The summed E-state index contributed by atoms with van der Waals surface area (Å²) in [7, 11) is 5.80. The van der Waals surface area contributed by atoms with Crippen LogP contribution in [0.3, 0.4) is 0 Å². The lowest BCUT2D eigenvalue weighted by atomic mass is 10.2. The Kier molecular flexibility index (Phi) is 10.1. The van der Waals surface area contributed by atoms with E-state index in [4.69, 9.17) is 0 Å². The number of halogens is 1. The summed E-state index contributed by atoms with van der Waals surface area (Å²) < 4.78 is 1.75. The minimum absolute atomic E-state index is 0. The van der Waals surface area contributed by atoms with Crippen LogP contribution in [0.2, 0.25) is 0 Å². The Morgan fingerprint density at radius 1 is 1.24 bits per heavy atom. The number of guanidine groups is 1. The van der Waals surface area contributed by atoms with E-state index in [0.717, 1.165) is 37.8 Å². The summed E-state index contributed by atoms with van der Waals surface area (Å²) in [6, 6.07) is 10.5. The van der Waals surface area contributed by atoms with Gasteiger partial charge in [-0.15, -0.1) is 24.0 Å². The molecular weight excluding hydrogens is 429 g/mol. The maximum Gasteiger partial charge on any atom is 0.191 e. The fourth-order valence-electron chi connectivity index (χ4n) is 2.39. The van der Waals surface area contributed by atoms with Gasteiger partial charge in [0.05, 0.1) is 6.54 Å². The van der Waals surface area contributed by atoms with Crippen LogP contribution in [0.25, 0.3) is 0 Å². The van der Waals surface area contributed by atoms with Crippen LogP contribution >= 0.6 is 24.0 Å². The zero-order chi connectivity index (χ0) is 17.2. The number of hydrogen-bond acceptors (Lipinski definition) is 4. The fraction of sp³-hybridized carbons (Fsp3) is 0.471. The molecule has 0 unspecified atom stereocenters. The van der Waals surface area contributed by atoms with Gasteiger partial charge in [0.25, 0.3) is 0 Å². The summed E-state index contributed by atoms with van der Waals surface area (Å²) in [5.74, 6) is 1.66. The molecule has 0 aliphatic heterocycles. The highest BCUT2D eigenvalue weighted by atomic mass is 127. The Morgan fingerprint density at radius 3 is 2.64 bits per heavy atom. The predicted octanol–water partition coefficient (Wildman–Crippen LogP) is 1.62. The van der Waals surface area contributed by atoms with Gasteiger partial charge in [-0.05, 0) is 25.6 Å². The highest BCUT2D eigenvalue weighted by Gasteiger charge is 2.03. The van der Waals surface area contributed by atoms with Gasteiger partial charge in [0.1, 0.15) is 12.2 Å². The van der Waals surface area contributed by atoms with E-state index < -0.39 is 0 Å². The van der Waals surface area contributed by atoms with Crippen molar-refractivity contribution in [3.8, 4) is 0 Å². The molecule has 0 saturated heterocycles. The van der Waals surface area contributed by atoms with Crippen LogP contribution in [0.15, 0.2) is 41.7 Å². The highest BCUT2D eigenvalue weighted by Crippen LogP contribution is 2.02. The molecule has 25 heavy (non-hydrogen) atoms. The zero-order valence-corrected chi connectivity index (χ0v) is 17.5. The van der Waals surface area contributed by atoms with Crippen LogP contribution in [0.5, 0.6) is 0 Å². The Labute approximate surface area is 166 Å². The second-order valence-corrected chi connectivity index (χ2v) is 5.73. The van der Waals surface area contributed by atoms with E-state index in [2.05, 4.69) is 61.9 Å². The van der Waals surface area contributed by atoms with Crippen LogP contribution in [0.4, 0.5) is 0 Å². The Balaban J connectivity index is 0.00000312. The zero-order valence-electron chi connectivity index (χ0n) is 15.1. The molecule has 0 fully saturated rings. The molecule has 0 radical (unpaired) electrons. The summed E-state index contributed by atoms with van der Waals surface area (Å²) in [5, 5.41) is 10.6. The first-order chi connectivity index (χ1) is 11.7. The normalized spacial score (nSPS) is 11.3. The number of aryl methyl sites for hydroxylation is 1. The van der Waals surface area contributed by atoms with Gasteiger partial charge >= 0.3 is 0 Å².